The summed E-state index contributed by atoms with van der Waals surface area (Å²) in [5.74, 6) is 1.06. The van der Waals surface area contributed by atoms with Gasteiger partial charge >= 0.3 is 6.03 Å². The number of amides is 3. The monoisotopic (exact) mass is 356 g/mol. The minimum absolute atomic E-state index is 0.0521. The van der Waals surface area contributed by atoms with Gasteiger partial charge in [-0.05, 0) is 32.1 Å². The number of nitrogens with one attached hydrogen (secondary N) is 3. The van der Waals surface area contributed by atoms with Crippen LogP contribution in [-0.2, 0) is 9.59 Å². The van der Waals surface area contributed by atoms with Crippen LogP contribution in [0.4, 0.5) is 4.79 Å². The van der Waals surface area contributed by atoms with Gasteiger partial charge in [0.1, 0.15) is 6.29 Å². The first-order chi connectivity index (χ1) is 11.6. The van der Waals surface area contributed by atoms with Gasteiger partial charge in [0.25, 0.3) is 0 Å². The summed E-state index contributed by atoms with van der Waals surface area (Å²) in [6, 6.07) is 0.0783. The van der Waals surface area contributed by atoms with Gasteiger partial charge in [-0.1, -0.05) is 6.42 Å². The Morgan fingerprint density at radius 3 is 2.96 bits per heavy atom. The fraction of sp³-hybridized carbons (Fsp3) is 0.812. The first-order valence-electron chi connectivity index (χ1n) is 8.76. The van der Waals surface area contributed by atoms with Gasteiger partial charge in [-0.3, -0.25) is 4.79 Å². The molecule has 2 rings (SSSR count). The first kappa shape index (κ1) is 19.1. The van der Waals surface area contributed by atoms with Crippen molar-refractivity contribution in [3.8, 4) is 0 Å². The second-order valence-electron chi connectivity index (χ2n) is 6.51. The second-order valence-corrected chi connectivity index (χ2v) is 7.79. The molecule has 0 aliphatic carbocycles. The summed E-state index contributed by atoms with van der Waals surface area (Å²) in [4.78, 5) is 33.4. The number of carbonyl (C=O) groups is 3. The summed E-state index contributed by atoms with van der Waals surface area (Å²) >= 11 is 1.91. The van der Waals surface area contributed by atoms with Crippen LogP contribution in [0.1, 0.15) is 44.9 Å². The van der Waals surface area contributed by atoms with E-state index in [1.807, 2.05) is 11.8 Å². The third kappa shape index (κ3) is 5.98. The quantitative estimate of drug-likeness (QED) is 0.245. The average Bonchev–Trinajstić information content (AvgIpc) is 3.10. The van der Waals surface area contributed by atoms with E-state index in [0.29, 0.717) is 24.6 Å². The zero-order valence-corrected chi connectivity index (χ0v) is 14.8. The van der Waals surface area contributed by atoms with E-state index in [2.05, 4.69) is 16.0 Å². The topological polar surface area (TPSA) is 113 Å². The largest absolute Gasteiger partial charge is 0.356 e. The van der Waals surface area contributed by atoms with Crippen molar-refractivity contribution in [3.05, 3.63) is 0 Å². The van der Waals surface area contributed by atoms with Crippen molar-refractivity contribution in [2.75, 3.05) is 12.3 Å². The summed E-state index contributed by atoms with van der Waals surface area (Å²) in [5, 5.41) is 9.29. The molecule has 8 heteroatoms. The zero-order valence-electron chi connectivity index (χ0n) is 14.0. The van der Waals surface area contributed by atoms with Crippen molar-refractivity contribution in [1.82, 2.24) is 16.0 Å². The molecular weight excluding hydrogens is 328 g/mol. The van der Waals surface area contributed by atoms with Gasteiger partial charge in [0.05, 0.1) is 18.1 Å². The van der Waals surface area contributed by atoms with Crippen LogP contribution in [0.5, 0.6) is 0 Å². The van der Waals surface area contributed by atoms with Crippen molar-refractivity contribution >= 4 is 30.0 Å². The number of aldehydes is 1. The SMILES string of the molecule is N[C@H](C=O)CCCCNC(=O)CCCCC1SC[C@H]2NC(=O)N[C@@H]12. The van der Waals surface area contributed by atoms with Gasteiger partial charge in [0.2, 0.25) is 5.91 Å². The highest BCUT2D eigenvalue weighted by Gasteiger charge is 2.42. The molecule has 4 atom stereocenters. The lowest BCUT2D eigenvalue weighted by molar-refractivity contribution is -0.121. The lowest BCUT2D eigenvalue weighted by atomic mass is 10.0. The number of nitrogens with two attached hydrogens (primary N) is 1. The first-order valence-corrected chi connectivity index (χ1v) is 9.81. The minimum atomic E-state index is -0.381. The smallest absolute Gasteiger partial charge is 0.315 e. The van der Waals surface area contributed by atoms with E-state index >= 15 is 0 Å². The summed E-state index contributed by atoms with van der Waals surface area (Å²) < 4.78 is 0. The molecule has 7 nitrogen and oxygen atoms in total. The van der Waals surface area contributed by atoms with Crippen LogP contribution in [0.15, 0.2) is 0 Å². The Kier molecular flexibility index (Phi) is 7.84. The van der Waals surface area contributed by atoms with Crippen molar-refractivity contribution in [2.45, 2.75) is 68.3 Å². The van der Waals surface area contributed by atoms with E-state index in [9.17, 15) is 14.4 Å². The normalized spacial score (nSPS) is 26.4. The number of hydrogen-bond donors (Lipinski definition) is 4. The molecule has 24 heavy (non-hydrogen) atoms. The van der Waals surface area contributed by atoms with E-state index in [0.717, 1.165) is 44.1 Å². The van der Waals surface area contributed by atoms with Crippen LogP contribution in [-0.4, -0.2) is 53.9 Å². The van der Waals surface area contributed by atoms with E-state index < -0.39 is 0 Å². The molecule has 0 radical (unpaired) electrons. The molecule has 0 bridgehead atoms. The highest BCUT2D eigenvalue weighted by Crippen LogP contribution is 2.33. The Balaban J connectivity index is 1.46. The summed E-state index contributed by atoms with van der Waals surface area (Å²) in [6.45, 7) is 0.643. The third-order valence-electron chi connectivity index (χ3n) is 4.54. The van der Waals surface area contributed by atoms with Crippen molar-refractivity contribution in [2.24, 2.45) is 5.73 Å². The molecule has 136 valence electrons. The maximum atomic E-state index is 11.8. The molecule has 0 saturated carbocycles. The molecule has 3 amide bonds. The minimum Gasteiger partial charge on any atom is -0.356 e. The predicted octanol–water partition coefficient (Wildman–Crippen LogP) is 0.525. The van der Waals surface area contributed by atoms with Crippen LogP contribution in [0.2, 0.25) is 0 Å². The van der Waals surface area contributed by atoms with Gasteiger partial charge in [-0.25, -0.2) is 4.79 Å². The molecule has 2 aliphatic rings. The molecule has 2 fully saturated rings. The van der Waals surface area contributed by atoms with Crippen LogP contribution in [0, 0.1) is 0 Å². The maximum absolute atomic E-state index is 11.8. The predicted molar refractivity (Wildman–Crippen MR) is 94.9 cm³/mol. The number of unbranched alkanes of at least 4 members (excludes halogenated alkanes) is 2. The van der Waals surface area contributed by atoms with Crippen molar-refractivity contribution < 1.29 is 14.4 Å². The Hall–Kier alpha value is -1.28. The molecule has 5 N–H and O–H groups in total. The number of carbonyl (C=O) groups excluding carboxylic acids is 3. The van der Waals surface area contributed by atoms with Gasteiger partial charge in [-0.15, -0.1) is 0 Å². The standard InChI is InChI=1S/C16H28N4O3S/c17-11(9-21)5-3-4-8-18-14(22)7-2-1-6-13-15-12(10-24-13)19-16(23)20-15/h9,11-13,15H,1-8,10,17H2,(H,18,22)(H2,19,20,23)/t11-,12+,13?,15+/m0/s1. The summed E-state index contributed by atoms with van der Waals surface area (Å²) in [5.41, 5.74) is 5.50. The third-order valence-corrected chi connectivity index (χ3v) is 6.05. The summed E-state index contributed by atoms with van der Waals surface area (Å²) in [7, 11) is 0. The molecule has 0 spiro atoms. The average molecular weight is 356 g/mol. The molecule has 2 saturated heterocycles. The number of fused-ring (bicyclic) bond motifs is 1. The Bertz CT molecular complexity index is 449. The van der Waals surface area contributed by atoms with Gasteiger partial charge in [-0.2, -0.15) is 11.8 Å². The molecule has 0 aromatic rings. The molecule has 2 heterocycles. The maximum Gasteiger partial charge on any atom is 0.315 e. The van der Waals surface area contributed by atoms with E-state index in [4.69, 9.17) is 5.73 Å². The van der Waals surface area contributed by atoms with E-state index in [1.54, 1.807) is 0 Å². The fourth-order valence-corrected chi connectivity index (χ4v) is 4.71. The number of hydrogen-bond acceptors (Lipinski definition) is 5. The molecule has 1 unspecified atom stereocenters. The van der Waals surface area contributed by atoms with Crippen molar-refractivity contribution in [3.63, 3.8) is 0 Å². The summed E-state index contributed by atoms with van der Waals surface area (Å²) in [6.07, 6.45) is 6.58. The van der Waals surface area contributed by atoms with Crippen molar-refractivity contribution in [1.29, 1.82) is 0 Å². The van der Waals surface area contributed by atoms with Crippen LogP contribution in [0.3, 0.4) is 0 Å². The van der Waals surface area contributed by atoms with Gasteiger partial charge in [0, 0.05) is 24.0 Å². The Morgan fingerprint density at radius 2 is 2.17 bits per heavy atom. The Morgan fingerprint density at radius 1 is 1.33 bits per heavy atom. The zero-order chi connectivity index (χ0) is 17.4. The van der Waals surface area contributed by atoms with Gasteiger partial charge in [0.15, 0.2) is 0 Å². The molecule has 0 aromatic carbocycles. The number of rotatable bonds is 11. The molecule has 2 aliphatic heterocycles. The lowest BCUT2D eigenvalue weighted by Crippen LogP contribution is -2.36. The number of thioether (sulfide) groups is 1. The number of urea groups is 1. The highest BCUT2D eigenvalue weighted by molar-refractivity contribution is 8.00. The molecular formula is C16H28N4O3S. The molecule has 0 aromatic heterocycles. The van der Waals surface area contributed by atoms with E-state index in [-0.39, 0.29) is 30.1 Å². The highest BCUT2D eigenvalue weighted by atomic mass is 32.2. The fourth-order valence-electron chi connectivity index (χ4n) is 3.16. The van der Waals surface area contributed by atoms with Gasteiger partial charge < -0.3 is 26.5 Å². The van der Waals surface area contributed by atoms with Crippen LogP contribution >= 0.6 is 11.8 Å². The van der Waals surface area contributed by atoms with Crippen LogP contribution in [0.25, 0.3) is 0 Å². The lowest BCUT2D eigenvalue weighted by Gasteiger charge is -2.16. The Labute approximate surface area is 147 Å². The second kappa shape index (κ2) is 9.88. The van der Waals surface area contributed by atoms with Crippen LogP contribution < -0.4 is 21.7 Å². The van der Waals surface area contributed by atoms with E-state index in [1.165, 1.54) is 0 Å².